The van der Waals surface area contributed by atoms with Gasteiger partial charge in [0.05, 0.1) is 25.4 Å². The molecule has 3 rings (SSSR count). The summed E-state index contributed by atoms with van der Waals surface area (Å²) in [6.07, 6.45) is 15.3. The van der Waals surface area contributed by atoms with Crippen molar-refractivity contribution in [3.8, 4) is 0 Å². The molecule has 0 aromatic heterocycles. The van der Waals surface area contributed by atoms with E-state index in [0.717, 1.165) is 32.3 Å². The fraction of sp³-hybridized carbons (Fsp3) is 0.357. The average Bonchev–Trinajstić information content (AvgIpc) is 2.82. The average molecular weight is 405 g/mol. The fourth-order valence-electron chi connectivity index (χ4n) is 3.25. The third-order valence-electron chi connectivity index (χ3n) is 5.00. The van der Waals surface area contributed by atoms with Crippen LogP contribution in [0.1, 0.15) is 49.7 Å². The first-order valence-electron chi connectivity index (χ1n) is 11.0. The van der Waals surface area contributed by atoms with E-state index in [1.54, 1.807) is 0 Å². The minimum absolute atomic E-state index is 0.260. The number of rotatable bonds is 11. The quantitative estimate of drug-likeness (QED) is 0.363. The molecule has 0 amide bonds. The van der Waals surface area contributed by atoms with E-state index in [1.807, 2.05) is 36.4 Å². The van der Waals surface area contributed by atoms with Crippen LogP contribution in [-0.2, 0) is 22.7 Å². The van der Waals surface area contributed by atoms with Crippen molar-refractivity contribution < 1.29 is 9.47 Å². The first-order chi connectivity index (χ1) is 14.8. The highest BCUT2D eigenvalue weighted by atomic mass is 16.5. The molecule has 2 atom stereocenters. The van der Waals surface area contributed by atoms with Crippen molar-refractivity contribution >= 4 is 0 Å². The van der Waals surface area contributed by atoms with Gasteiger partial charge in [0.25, 0.3) is 0 Å². The first kappa shape index (κ1) is 23.9. The highest BCUT2D eigenvalue weighted by molar-refractivity contribution is 5.14. The Morgan fingerprint density at radius 3 is 2.10 bits per heavy atom. The summed E-state index contributed by atoms with van der Waals surface area (Å²) in [7, 11) is 0. The monoisotopic (exact) mass is 404 g/mol. The molecule has 160 valence electrons. The summed E-state index contributed by atoms with van der Waals surface area (Å²) >= 11 is 0. The molecule has 2 unspecified atom stereocenters. The molecule has 0 aliphatic heterocycles. The van der Waals surface area contributed by atoms with Gasteiger partial charge in [-0.1, -0.05) is 85.0 Å². The first-order valence-corrected chi connectivity index (χ1v) is 11.0. The van der Waals surface area contributed by atoms with Crippen molar-refractivity contribution in [1.82, 2.24) is 0 Å². The van der Waals surface area contributed by atoms with Crippen molar-refractivity contribution in [3.63, 3.8) is 0 Å². The Balaban J connectivity index is 0.000000215. The second kappa shape index (κ2) is 15.4. The molecule has 30 heavy (non-hydrogen) atoms. The van der Waals surface area contributed by atoms with E-state index >= 15 is 0 Å². The maximum atomic E-state index is 5.85. The molecular weight excluding hydrogens is 368 g/mol. The van der Waals surface area contributed by atoms with Crippen LogP contribution in [0.5, 0.6) is 0 Å². The summed E-state index contributed by atoms with van der Waals surface area (Å²) in [5, 5.41) is 0. The molecule has 0 spiro atoms. The summed E-state index contributed by atoms with van der Waals surface area (Å²) in [5.74, 6) is 0. The van der Waals surface area contributed by atoms with Gasteiger partial charge in [-0.05, 0) is 49.7 Å². The maximum Gasteiger partial charge on any atom is 0.0720 e. The van der Waals surface area contributed by atoms with Gasteiger partial charge in [-0.2, -0.15) is 0 Å². The zero-order valence-corrected chi connectivity index (χ0v) is 18.1. The number of hydrogen-bond acceptors (Lipinski definition) is 2. The van der Waals surface area contributed by atoms with Crippen LogP contribution < -0.4 is 0 Å². The van der Waals surface area contributed by atoms with E-state index in [-0.39, 0.29) is 6.10 Å². The fourth-order valence-corrected chi connectivity index (χ4v) is 3.25. The van der Waals surface area contributed by atoms with Gasteiger partial charge in [0.15, 0.2) is 0 Å². The summed E-state index contributed by atoms with van der Waals surface area (Å²) in [4.78, 5) is 0. The smallest absolute Gasteiger partial charge is 0.0720 e. The largest absolute Gasteiger partial charge is 0.373 e. The van der Waals surface area contributed by atoms with Gasteiger partial charge in [0.1, 0.15) is 0 Å². The lowest BCUT2D eigenvalue weighted by atomic mass is 10.0. The Morgan fingerprint density at radius 1 is 0.867 bits per heavy atom. The van der Waals surface area contributed by atoms with Crippen LogP contribution >= 0.6 is 0 Å². The van der Waals surface area contributed by atoms with E-state index < -0.39 is 0 Å². The van der Waals surface area contributed by atoms with Crippen molar-refractivity contribution in [1.29, 1.82) is 0 Å². The molecule has 0 fully saturated rings. The molecule has 0 heterocycles. The van der Waals surface area contributed by atoms with E-state index in [1.165, 1.54) is 24.0 Å². The zero-order valence-electron chi connectivity index (χ0n) is 18.1. The third kappa shape index (κ3) is 10.4. The lowest BCUT2D eigenvalue weighted by Crippen LogP contribution is -2.13. The molecule has 0 bridgehead atoms. The van der Waals surface area contributed by atoms with Crippen LogP contribution in [-0.4, -0.2) is 12.2 Å². The molecule has 0 N–H and O–H groups in total. The standard InChI is InChI=1S/C15H20O.C13H16O/c1-3-5-12-15(9-4-2)16-13-14-10-7-6-8-11-14;1-3-7-12(8-4-1)11-14-13-9-5-2-6-10-13/h3-4,6-8,10-11,15H,1-2,5,9,12-13H2;1-5,7-8,13H,6,9-11H2. The molecule has 2 aromatic rings. The predicted molar refractivity (Wildman–Crippen MR) is 127 cm³/mol. The zero-order chi connectivity index (χ0) is 21.3. The van der Waals surface area contributed by atoms with Crippen LogP contribution in [0.25, 0.3) is 0 Å². The Morgan fingerprint density at radius 2 is 1.53 bits per heavy atom. The summed E-state index contributed by atoms with van der Waals surface area (Å²) in [6.45, 7) is 8.91. The van der Waals surface area contributed by atoms with Gasteiger partial charge in [-0.15, -0.1) is 13.2 Å². The molecule has 2 heteroatoms. The van der Waals surface area contributed by atoms with E-state index in [0.29, 0.717) is 12.7 Å². The van der Waals surface area contributed by atoms with Crippen molar-refractivity contribution in [2.24, 2.45) is 0 Å². The lowest BCUT2D eigenvalue weighted by Gasteiger charge is -2.18. The second-order valence-corrected chi connectivity index (χ2v) is 7.51. The number of allylic oxidation sites excluding steroid dienone is 2. The van der Waals surface area contributed by atoms with Gasteiger partial charge < -0.3 is 9.47 Å². The van der Waals surface area contributed by atoms with Gasteiger partial charge in [-0.3, -0.25) is 0 Å². The van der Waals surface area contributed by atoms with Crippen LogP contribution in [0, 0.1) is 0 Å². The molecule has 0 saturated carbocycles. The number of hydrogen-bond donors (Lipinski definition) is 0. The number of benzene rings is 2. The minimum atomic E-state index is 0.260. The van der Waals surface area contributed by atoms with Crippen molar-refractivity contribution in [3.05, 3.63) is 109 Å². The molecule has 0 saturated heterocycles. The van der Waals surface area contributed by atoms with Crippen LogP contribution in [0.15, 0.2) is 98.1 Å². The molecule has 2 aromatic carbocycles. The molecule has 0 radical (unpaired) electrons. The van der Waals surface area contributed by atoms with Gasteiger partial charge >= 0.3 is 0 Å². The molecule has 2 nitrogen and oxygen atoms in total. The van der Waals surface area contributed by atoms with Gasteiger partial charge in [-0.25, -0.2) is 0 Å². The molecular formula is C28H36O2. The van der Waals surface area contributed by atoms with Crippen molar-refractivity contribution in [2.75, 3.05) is 0 Å². The summed E-state index contributed by atoms with van der Waals surface area (Å²) in [6, 6.07) is 20.6. The van der Waals surface area contributed by atoms with E-state index in [4.69, 9.17) is 9.47 Å². The lowest BCUT2D eigenvalue weighted by molar-refractivity contribution is 0.0352. The van der Waals surface area contributed by atoms with E-state index in [9.17, 15) is 0 Å². The Bertz CT molecular complexity index is 721. The second-order valence-electron chi connectivity index (χ2n) is 7.51. The van der Waals surface area contributed by atoms with Crippen molar-refractivity contribution in [2.45, 2.75) is 63.9 Å². The van der Waals surface area contributed by atoms with Gasteiger partial charge in [0, 0.05) is 0 Å². The Labute approximate surface area is 182 Å². The SMILES string of the molecule is C1=CCC(OCc2ccccc2)CC1.C=CCCC(CC=C)OCc1ccccc1. The highest BCUT2D eigenvalue weighted by Crippen LogP contribution is 2.16. The van der Waals surface area contributed by atoms with Gasteiger partial charge in [0.2, 0.25) is 0 Å². The Hall–Kier alpha value is -2.42. The Kier molecular flexibility index (Phi) is 12.3. The highest BCUT2D eigenvalue weighted by Gasteiger charge is 2.09. The van der Waals surface area contributed by atoms with Crippen LogP contribution in [0.2, 0.25) is 0 Å². The topological polar surface area (TPSA) is 18.5 Å². The van der Waals surface area contributed by atoms with E-state index in [2.05, 4.69) is 61.7 Å². The number of ether oxygens (including phenoxy) is 2. The minimum Gasteiger partial charge on any atom is -0.373 e. The predicted octanol–water partition coefficient (Wildman–Crippen LogP) is 7.43. The van der Waals surface area contributed by atoms with Crippen LogP contribution in [0.3, 0.4) is 0 Å². The molecule has 1 aliphatic rings. The summed E-state index contributed by atoms with van der Waals surface area (Å²) < 4.78 is 11.7. The van der Waals surface area contributed by atoms with Crippen LogP contribution in [0.4, 0.5) is 0 Å². The maximum absolute atomic E-state index is 5.85. The summed E-state index contributed by atoms with van der Waals surface area (Å²) in [5.41, 5.74) is 2.48. The normalized spacial score (nSPS) is 16.2. The third-order valence-corrected chi connectivity index (χ3v) is 5.00. The molecule has 1 aliphatic carbocycles.